The largest absolute Gasteiger partial charge is 0.327 e. The fourth-order valence-corrected chi connectivity index (χ4v) is 1.79. The fourth-order valence-electron chi connectivity index (χ4n) is 1.79. The van der Waals surface area contributed by atoms with Crippen LogP contribution in [-0.2, 0) is 14.2 Å². The van der Waals surface area contributed by atoms with Crippen LogP contribution in [0.15, 0.2) is 0 Å². The van der Waals surface area contributed by atoms with Gasteiger partial charge in [0.2, 0.25) is 0 Å². The van der Waals surface area contributed by atoms with Gasteiger partial charge in [0.15, 0.2) is 0 Å². The molecule has 0 aromatic rings. The highest BCUT2D eigenvalue weighted by Crippen LogP contribution is 2.34. The van der Waals surface area contributed by atoms with E-state index < -0.39 is 5.97 Å². The maximum absolute atomic E-state index is 5.55. The summed E-state index contributed by atoms with van der Waals surface area (Å²) in [5, 5.41) is 0. The van der Waals surface area contributed by atoms with E-state index in [1.807, 2.05) is 0 Å². The van der Waals surface area contributed by atoms with Crippen LogP contribution in [0.25, 0.3) is 0 Å². The smallest absolute Gasteiger partial charge is 0.282 e. The van der Waals surface area contributed by atoms with Crippen LogP contribution < -0.4 is 0 Å². The molecule has 0 saturated carbocycles. The molecule has 3 aliphatic rings. The van der Waals surface area contributed by atoms with Gasteiger partial charge in [0.25, 0.3) is 5.97 Å². The van der Waals surface area contributed by atoms with E-state index in [0.717, 1.165) is 45.5 Å². The van der Waals surface area contributed by atoms with Gasteiger partial charge in [-0.25, -0.2) is 0 Å². The van der Waals surface area contributed by atoms with E-state index in [1.54, 1.807) is 0 Å². The zero-order chi connectivity index (χ0) is 9.86. The summed E-state index contributed by atoms with van der Waals surface area (Å²) in [6, 6.07) is 0. The molecule has 14 heavy (non-hydrogen) atoms. The average Bonchev–Trinajstić information content (AvgIpc) is 2.27. The van der Waals surface area contributed by atoms with Crippen molar-refractivity contribution in [3.63, 3.8) is 0 Å². The van der Waals surface area contributed by atoms with E-state index in [-0.39, 0.29) is 0 Å². The Kier molecular flexibility index (Phi) is 3.07. The molecule has 0 spiro atoms. The molecule has 0 aromatic carbocycles. The molecular weight excluding hydrogens is 180 g/mol. The molecule has 3 fully saturated rings. The van der Waals surface area contributed by atoms with Crippen molar-refractivity contribution in [2.24, 2.45) is 5.92 Å². The Morgan fingerprint density at radius 2 is 1.79 bits per heavy atom. The molecule has 3 nitrogen and oxygen atoms in total. The van der Waals surface area contributed by atoms with Crippen molar-refractivity contribution in [3.05, 3.63) is 0 Å². The zero-order valence-corrected chi connectivity index (χ0v) is 8.33. The number of fused-ring (bicyclic) bond motifs is 3. The number of hydrogen-bond donors (Lipinski definition) is 0. The lowest BCUT2D eigenvalue weighted by Gasteiger charge is -2.45. The zero-order valence-electron chi connectivity index (χ0n) is 8.33. The molecule has 78 valence electrons. The minimum absolute atomic E-state index is 0.433. The van der Waals surface area contributed by atoms with Crippen molar-refractivity contribution in [2.75, 3.05) is 19.8 Å². The Morgan fingerprint density at radius 3 is 2.36 bits per heavy atom. The maximum atomic E-state index is 5.55. The molecule has 0 aliphatic carbocycles. The number of terminal acetylenes is 1. The van der Waals surface area contributed by atoms with Crippen LogP contribution in [0.4, 0.5) is 0 Å². The Labute approximate surface area is 84.7 Å². The Morgan fingerprint density at radius 1 is 1.14 bits per heavy atom. The molecule has 3 heteroatoms. The van der Waals surface area contributed by atoms with Gasteiger partial charge in [-0.05, 0) is 12.8 Å². The number of unbranched alkanes of at least 4 members (excludes halogenated alkanes) is 2. The van der Waals surface area contributed by atoms with Crippen LogP contribution in [0.2, 0.25) is 0 Å². The van der Waals surface area contributed by atoms with E-state index in [1.165, 1.54) is 0 Å². The Balaban J connectivity index is 1.75. The molecule has 3 rings (SSSR count). The Hall–Kier alpha value is -0.560. The van der Waals surface area contributed by atoms with Crippen molar-refractivity contribution < 1.29 is 14.2 Å². The normalized spacial score (nSPS) is 35.5. The summed E-state index contributed by atoms with van der Waals surface area (Å²) < 4.78 is 16.6. The molecule has 2 bridgehead atoms. The molecule has 0 amide bonds. The van der Waals surface area contributed by atoms with Crippen molar-refractivity contribution >= 4 is 0 Å². The number of ether oxygens (including phenoxy) is 3. The molecule has 0 unspecified atom stereocenters. The average molecular weight is 196 g/mol. The summed E-state index contributed by atoms with van der Waals surface area (Å²) in [5.41, 5.74) is 0. The van der Waals surface area contributed by atoms with Gasteiger partial charge < -0.3 is 14.2 Å². The third kappa shape index (κ3) is 2.09. The van der Waals surface area contributed by atoms with E-state index in [2.05, 4.69) is 5.92 Å². The first kappa shape index (κ1) is 9.97. The lowest BCUT2D eigenvalue weighted by Crippen LogP contribution is -2.53. The van der Waals surface area contributed by atoms with Gasteiger partial charge in [0.05, 0.1) is 19.8 Å². The van der Waals surface area contributed by atoms with Crippen LogP contribution in [0.3, 0.4) is 0 Å². The first-order valence-electron chi connectivity index (χ1n) is 5.20. The highest BCUT2D eigenvalue weighted by molar-refractivity contribution is 4.83. The maximum Gasteiger partial charge on any atom is 0.282 e. The number of hydrogen-bond acceptors (Lipinski definition) is 3. The molecule has 0 radical (unpaired) electrons. The van der Waals surface area contributed by atoms with E-state index in [9.17, 15) is 0 Å². The van der Waals surface area contributed by atoms with Crippen LogP contribution in [0, 0.1) is 18.3 Å². The molecule has 3 heterocycles. The van der Waals surface area contributed by atoms with Crippen molar-refractivity contribution in [1.82, 2.24) is 0 Å². The standard InChI is InChI=1S/C11H16O3/c1-2-3-4-5-6-11-12-7-10(8-13-11)9-14-11/h1,10H,3-9H2. The second-order valence-electron chi connectivity index (χ2n) is 3.89. The summed E-state index contributed by atoms with van der Waals surface area (Å²) in [4.78, 5) is 0. The Bertz CT molecular complexity index is 209. The van der Waals surface area contributed by atoms with Gasteiger partial charge >= 0.3 is 0 Å². The number of rotatable bonds is 4. The second-order valence-corrected chi connectivity index (χ2v) is 3.89. The summed E-state index contributed by atoms with van der Waals surface area (Å²) >= 11 is 0. The summed E-state index contributed by atoms with van der Waals surface area (Å²) in [6.07, 6.45) is 8.80. The monoisotopic (exact) mass is 196 g/mol. The minimum atomic E-state index is -0.733. The third-order valence-corrected chi connectivity index (χ3v) is 2.67. The van der Waals surface area contributed by atoms with Gasteiger partial charge in [0, 0.05) is 18.8 Å². The summed E-state index contributed by atoms with van der Waals surface area (Å²) in [7, 11) is 0. The molecule has 3 saturated heterocycles. The van der Waals surface area contributed by atoms with Gasteiger partial charge in [-0.2, -0.15) is 0 Å². The van der Waals surface area contributed by atoms with Gasteiger partial charge in [-0.1, -0.05) is 0 Å². The first-order chi connectivity index (χ1) is 6.85. The first-order valence-corrected chi connectivity index (χ1v) is 5.20. The lowest BCUT2D eigenvalue weighted by molar-refractivity contribution is -0.450. The molecule has 0 atom stereocenters. The van der Waals surface area contributed by atoms with Crippen LogP contribution in [0.5, 0.6) is 0 Å². The predicted octanol–water partition coefficient (Wildman–Crippen LogP) is 1.53. The van der Waals surface area contributed by atoms with Crippen molar-refractivity contribution in [1.29, 1.82) is 0 Å². The highest BCUT2D eigenvalue weighted by Gasteiger charge is 2.43. The van der Waals surface area contributed by atoms with E-state index in [0.29, 0.717) is 5.92 Å². The third-order valence-electron chi connectivity index (χ3n) is 2.67. The van der Waals surface area contributed by atoms with Crippen LogP contribution >= 0.6 is 0 Å². The van der Waals surface area contributed by atoms with Crippen LogP contribution in [-0.4, -0.2) is 25.8 Å². The van der Waals surface area contributed by atoms with E-state index in [4.69, 9.17) is 20.6 Å². The second kappa shape index (κ2) is 4.31. The highest BCUT2D eigenvalue weighted by atomic mass is 16.9. The van der Waals surface area contributed by atoms with Crippen molar-refractivity contribution in [3.8, 4) is 12.3 Å². The lowest BCUT2D eigenvalue weighted by atomic mass is 10.1. The quantitative estimate of drug-likeness (QED) is 0.504. The van der Waals surface area contributed by atoms with E-state index >= 15 is 0 Å². The molecular formula is C11H16O3. The predicted molar refractivity (Wildman–Crippen MR) is 51.4 cm³/mol. The van der Waals surface area contributed by atoms with Crippen molar-refractivity contribution in [2.45, 2.75) is 31.7 Å². The molecule has 3 aliphatic heterocycles. The van der Waals surface area contributed by atoms with Gasteiger partial charge in [-0.3, -0.25) is 0 Å². The minimum Gasteiger partial charge on any atom is -0.327 e. The topological polar surface area (TPSA) is 27.7 Å². The fraction of sp³-hybridized carbons (Fsp3) is 0.818. The summed E-state index contributed by atoms with van der Waals surface area (Å²) in [6.45, 7) is 2.32. The van der Waals surface area contributed by atoms with Gasteiger partial charge in [-0.15, -0.1) is 12.3 Å². The molecule has 0 N–H and O–H groups in total. The van der Waals surface area contributed by atoms with Gasteiger partial charge in [0.1, 0.15) is 0 Å². The SMILES string of the molecule is C#CCCCCC12OCC(CO1)CO2. The summed E-state index contributed by atoms with van der Waals surface area (Å²) in [5.74, 6) is 2.32. The van der Waals surface area contributed by atoms with Crippen LogP contribution in [0.1, 0.15) is 25.7 Å². The molecule has 0 aromatic heterocycles.